The molecule has 0 radical (unpaired) electrons. The van der Waals surface area contributed by atoms with Gasteiger partial charge in [-0.2, -0.15) is 0 Å². The van der Waals surface area contributed by atoms with E-state index in [1.54, 1.807) is 13.2 Å². The second kappa shape index (κ2) is 8.82. The van der Waals surface area contributed by atoms with E-state index in [2.05, 4.69) is 15.9 Å². The lowest BCUT2D eigenvalue weighted by molar-refractivity contribution is -0.145. The van der Waals surface area contributed by atoms with Crippen molar-refractivity contribution in [3.63, 3.8) is 0 Å². The monoisotopic (exact) mass is 471 g/mol. The van der Waals surface area contributed by atoms with Gasteiger partial charge in [-0.25, -0.2) is 0 Å². The quantitative estimate of drug-likeness (QED) is 0.597. The summed E-state index contributed by atoms with van der Waals surface area (Å²) in [7, 11) is 1.61. The Morgan fingerprint density at radius 3 is 2.67 bits per heavy atom. The second-order valence-corrected chi connectivity index (χ2v) is 8.28. The molecular weight excluding hydrogens is 453 g/mol. The number of aliphatic carboxylic acids is 1. The Bertz CT molecular complexity index is 846. The number of likely N-dealkylation sites (tertiary alicyclic amines) is 1. The van der Waals surface area contributed by atoms with Crippen LogP contribution in [-0.2, 0) is 4.79 Å². The summed E-state index contributed by atoms with van der Waals surface area (Å²) in [6, 6.07) is 10.3. The molecule has 2 aromatic rings. The Hall–Kier alpha value is -1.27. The van der Waals surface area contributed by atoms with Crippen molar-refractivity contribution in [3.05, 3.63) is 62.0 Å². The number of hydrogen-bond donors (Lipinski definition) is 1. The maximum absolute atomic E-state index is 11.9. The molecule has 0 aromatic heterocycles. The smallest absolute Gasteiger partial charge is 0.320 e. The standard InChI is InChI=1S/C20H20BrCl2NO3/c1-27-18-8-6-13(21)11-14(18)19(12-5-7-15(22)16(23)10-12)24-9-3-2-4-17(24)20(25)26/h5-8,10-11,17,19H,2-4,9H2,1H3,(H,25,26). The molecule has 0 bridgehead atoms. The minimum absolute atomic E-state index is 0.311. The van der Waals surface area contributed by atoms with Crippen LogP contribution in [0.1, 0.15) is 36.4 Å². The fraction of sp³-hybridized carbons (Fsp3) is 0.350. The molecule has 1 N–H and O–H groups in total. The lowest BCUT2D eigenvalue weighted by Gasteiger charge is -2.40. The Morgan fingerprint density at radius 2 is 2.00 bits per heavy atom. The predicted molar refractivity (Wildman–Crippen MR) is 111 cm³/mol. The summed E-state index contributed by atoms with van der Waals surface area (Å²) in [6.07, 6.45) is 2.46. The summed E-state index contributed by atoms with van der Waals surface area (Å²) in [5.41, 5.74) is 1.77. The van der Waals surface area contributed by atoms with Crippen molar-refractivity contribution in [1.29, 1.82) is 0 Å². The lowest BCUT2D eigenvalue weighted by atomic mass is 9.91. The third-order valence-corrected chi connectivity index (χ3v) is 6.14. The maximum atomic E-state index is 11.9. The highest BCUT2D eigenvalue weighted by Gasteiger charge is 2.36. The van der Waals surface area contributed by atoms with Gasteiger partial charge in [-0.3, -0.25) is 9.69 Å². The number of hydrogen-bond acceptors (Lipinski definition) is 3. The zero-order valence-corrected chi connectivity index (χ0v) is 17.9. The third-order valence-electron chi connectivity index (χ3n) is 4.91. The molecule has 0 amide bonds. The van der Waals surface area contributed by atoms with Gasteiger partial charge in [0.1, 0.15) is 11.8 Å². The molecule has 27 heavy (non-hydrogen) atoms. The zero-order chi connectivity index (χ0) is 19.6. The van der Waals surface area contributed by atoms with Crippen LogP contribution < -0.4 is 4.74 Å². The van der Waals surface area contributed by atoms with E-state index in [-0.39, 0.29) is 6.04 Å². The summed E-state index contributed by atoms with van der Waals surface area (Å²) < 4.78 is 6.48. The number of halogens is 3. The number of methoxy groups -OCH3 is 1. The van der Waals surface area contributed by atoms with Gasteiger partial charge in [0.15, 0.2) is 0 Å². The van der Waals surface area contributed by atoms with Gasteiger partial charge in [0.05, 0.1) is 23.2 Å². The Kier molecular flexibility index (Phi) is 6.69. The molecule has 1 aliphatic heterocycles. The highest BCUT2D eigenvalue weighted by Crippen LogP contribution is 2.41. The van der Waals surface area contributed by atoms with Gasteiger partial charge in [-0.1, -0.05) is 51.6 Å². The van der Waals surface area contributed by atoms with Gasteiger partial charge in [0.25, 0.3) is 0 Å². The minimum atomic E-state index is -0.811. The van der Waals surface area contributed by atoms with E-state index in [1.807, 2.05) is 35.2 Å². The summed E-state index contributed by atoms with van der Waals surface area (Å²) in [5, 5.41) is 10.7. The molecule has 144 valence electrons. The largest absolute Gasteiger partial charge is 0.496 e. The molecule has 2 unspecified atom stereocenters. The first-order valence-corrected chi connectivity index (χ1v) is 10.2. The SMILES string of the molecule is COc1ccc(Br)cc1C(c1ccc(Cl)c(Cl)c1)N1CCCCC1C(=O)O. The summed E-state index contributed by atoms with van der Waals surface area (Å²) >= 11 is 15.9. The van der Waals surface area contributed by atoms with Gasteiger partial charge in [0.2, 0.25) is 0 Å². The van der Waals surface area contributed by atoms with Crippen molar-refractivity contribution in [2.24, 2.45) is 0 Å². The molecule has 2 atom stereocenters. The van der Waals surface area contributed by atoms with E-state index in [0.717, 1.165) is 28.4 Å². The van der Waals surface area contributed by atoms with Crippen molar-refractivity contribution < 1.29 is 14.6 Å². The van der Waals surface area contributed by atoms with E-state index in [1.165, 1.54) is 0 Å². The molecule has 0 spiro atoms. The molecule has 1 heterocycles. The number of carbonyl (C=O) groups is 1. The third kappa shape index (κ3) is 4.43. The molecule has 1 fully saturated rings. The number of piperidine rings is 1. The molecule has 3 rings (SSSR count). The number of rotatable bonds is 5. The van der Waals surface area contributed by atoms with Crippen LogP contribution in [0.5, 0.6) is 5.75 Å². The molecule has 0 aliphatic carbocycles. The Balaban J connectivity index is 2.18. The Labute approximate surface area is 177 Å². The van der Waals surface area contributed by atoms with Gasteiger partial charge in [-0.05, 0) is 55.3 Å². The topological polar surface area (TPSA) is 49.8 Å². The summed E-state index contributed by atoms with van der Waals surface area (Å²) in [5.74, 6) is -0.113. The first-order valence-electron chi connectivity index (χ1n) is 8.69. The zero-order valence-electron chi connectivity index (χ0n) is 14.8. The van der Waals surface area contributed by atoms with Crippen LogP contribution in [0.25, 0.3) is 0 Å². The van der Waals surface area contributed by atoms with Crippen LogP contribution in [0.15, 0.2) is 40.9 Å². The normalized spacial score (nSPS) is 18.9. The fourth-order valence-corrected chi connectivity index (χ4v) is 4.36. The van der Waals surface area contributed by atoms with Crippen LogP contribution in [0.3, 0.4) is 0 Å². The predicted octanol–water partition coefficient (Wildman–Crippen LogP) is 5.79. The van der Waals surface area contributed by atoms with E-state index in [4.69, 9.17) is 27.9 Å². The van der Waals surface area contributed by atoms with Crippen LogP contribution in [0.2, 0.25) is 10.0 Å². The number of benzene rings is 2. The van der Waals surface area contributed by atoms with Gasteiger partial charge >= 0.3 is 5.97 Å². The molecular formula is C20H20BrCl2NO3. The van der Waals surface area contributed by atoms with E-state index < -0.39 is 12.0 Å². The van der Waals surface area contributed by atoms with Crippen molar-refractivity contribution in [1.82, 2.24) is 4.90 Å². The first kappa shape index (κ1) is 20.5. The molecule has 2 aromatic carbocycles. The first-order chi connectivity index (χ1) is 12.9. The molecule has 7 heteroatoms. The maximum Gasteiger partial charge on any atom is 0.320 e. The summed E-state index contributed by atoms with van der Waals surface area (Å²) in [4.78, 5) is 14.0. The van der Waals surface area contributed by atoms with Crippen LogP contribution >= 0.6 is 39.1 Å². The van der Waals surface area contributed by atoms with Crippen molar-refractivity contribution in [3.8, 4) is 5.75 Å². The average molecular weight is 473 g/mol. The second-order valence-electron chi connectivity index (χ2n) is 6.55. The molecule has 4 nitrogen and oxygen atoms in total. The van der Waals surface area contributed by atoms with Crippen LogP contribution in [0, 0.1) is 0 Å². The molecule has 1 saturated heterocycles. The van der Waals surface area contributed by atoms with Crippen LogP contribution in [-0.4, -0.2) is 35.7 Å². The average Bonchev–Trinajstić information content (AvgIpc) is 2.65. The Morgan fingerprint density at radius 1 is 1.22 bits per heavy atom. The van der Waals surface area contributed by atoms with Crippen molar-refractivity contribution in [2.45, 2.75) is 31.3 Å². The van der Waals surface area contributed by atoms with Gasteiger partial charge in [0, 0.05) is 10.0 Å². The van der Waals surface area contributed by atoms with E-state index in [0.29, 0.717) is 28.8 Å². The highest BCUT2D eigenvalue weighted by atomic mass is 79.9. The van der Waals surface area contributed by atoms with Crippen molar-refractivity contribution >= 4 is 45.1 Å². The van der Waals surface area contributed by atoms with Crippen LogP contribution in [0.4, 0.5) is 0 Å². The number of carboxylic acid groups (broad SMARTS) is 1. The lowest BCUT2D eigenvalue weighted by Crippen LogP contribution is -2.46. The van der Waals surface area contributed by atoms with E-state index in [9.17, 15) is 9.90 Å². The number of carboxylic acids is 1. The number of ether oxygens (including phenoxy) is 1. The minimum Gasteiger partial charge on any atom is -0.496 e. The van der Waals surface area contributed by atoms with Gasteiger partial charge in [-0.15, -0.1) is 0 Å². The highest BCUT2D eigenvalue weighted by molar-refractivity contribution is 9.10. The fourth-order valence-electron chi connectivity index (χ4n) is 3.68. The van der Waals surface area contributed by atoms with Gasteiger partial charge < -0.3 is 9.84 Å². The molecule has 0 saturated carbocycles. The molecule has 1 aliphatic rings. The van der Waals surface area contributed by atoms with E-state index >= 15 is 0 Å². The van der Waals surface area contributed by atoms with Crippen molar-refractivity contribution in [2.75, 3.05) is 13.7 Å². The number of nitrogens with zero attached hydrogens (tertiary/aromatic N) is 1. The summed E-state index contributed by atoms with van der Waals surface area (Å²) in [6.45, 7) is 0.678.